The first-order valence-electron chi connectivity index (χ1n) is 37.6. The molecule has 0 saturated carbocycles. The summed E-state index contributed by atoms with van der Waals surface area (Å²) in [5.74, 6) is 0.104. The molecule has 3 aliphatic heterocycles. The standard InChI is InChI=1S/C84H111ClN8O7S2/c1-59-50-62(22-35-77(59)89-69(38-41-90-46-48-100-49-47-90)57-101-74-20-16-13-17-21-74)54-86-80(97)66-29-33-70(34-30-66)92-44-42-91(43-45-92)55-67-53-84(7,40-37-75(67)64-27-31-68(85)32-28-64)39-36-71(94)18-14-11-9-8-10-12-15-19-72(95)51-76(83(4,5)6)82(99)93-56-73(96)52-78(93)81(98)88-60(2)63-23-25-65(26-24-63)79-61(3)87-58-102-79/h13,16-17,20-35,50,58,60,69,73,76,78,89,96H,8-12,14-15,18-19,36-49,51-57H2,1-7H3,(H,86,97)(H,88,98)/t60-,69+,73+,76+,78-,84?/m0/s1. The van der Waals surface area contributed by atoms with Crippen molar-refractivity contribution in [1.82, 2.24) is 30.3 Å². The van der Waals surface area contributed by atoms with Crippen LogP contribution in [0.1, 0.15) is 188 Å². The number of nitrogens with one attached hydrogen (secondary N) is 3. The summed E-state index contributed by atoms with van der Waals surface area (Å²) >= 11 is 9.89. The van der Waals surface area contributed by atoms with Gasteiger partial charge in [-0.2, -0.15) is 0 Å². The van der Waals surface area contributed by atoms with Crippen LogP contribution in [0.4, 0.5) is 11.4 Å². The largest absolute Gasteiger partial charge is 0.391 e. The number of β-amino-alcohol motifs (C(OH)–C–C–N with tert-alkyl or cyclic N) is 1. The molecular weight excluding hydrogens is 1330 g/mol. The molecule has 1 aliphatic carbocycles. The van der Waals surface area contributed by atoms with Gasteiger partial charge in [-0.3, -0.25) is 33.8 Å². The number of aliphatic hydroxyl groups excluding tert-OH is 1. The minimum absolute atomic E-state index is 0.0347. The minimum Gasteiger partial charge on any atom is -0.391 e. The number of ether oxygens (including phenoxy) is 1. The van der Waals surface area contributed by atoms with Gasteiger partial charge in [0.05, 0.1) is 41.4 Å². The Hall–Kier alpha value is -6.70. The highest BCUT2D eigenvalue weighted by Crippen LogP contribution is 2.46. The second-order valence-corrected chi connectivity index (χ2v) is 33.0. The number of benzene rings is 5. The molecule has 0 bridgehead atoms. The zero-order valence-corrected chi connectivity index (χ0v) is 63.9. The van der Waals surface area contributed by atoms with Gasteiger partial charge in [-0.15, -0.1) is 23.1 Å². The molecule has 3 saturated heterocycles. The molecule has 3 amide bonds. The minimum atomic E-state index is -0.824. The fraction of sp³-hybridized carbons (Fsp3) is 0.524. The lowest BCUT2D eigenvalue weighted by Crippen LogP contribution is -2.50. The Balaban J connectivity index is 0.611. The van der Waals surface area contributed by atoms with Crippen LogP contribution in [0.5, 0.6) is 0 Å². The second kappa shape index (κ2) is 37.8. The SMILES string of the molecule is Cc1cc(CNC(=O)c2ccc(N3CCN(CC4=C(c5ccc(Cl)cc5)CCC(C)(CCC(=O)CCCCCCCCCC(=O)C[C@H](C(=O)N5C[C@H](O)C[C@H]5C(=O)N[C@@H](C)c5ccc(-c6scnc6C)cc5)C(C)(C)C)C4)CC3)cc2)ccc1N[C@H](CCN1CCOCC1)CSc1ccccc1. The zero-order valence-electron chi connectivity index (χ0n) is 61.6. The Kier molecular flexibility index (Phi) is 28.9. The summed E-state index contributed by atoms with van der Waals surface area (Å²) in [5.41, 5.74) is 13.6. The van der Waals surface area contributed by atoms with E-state index in [1.807, 2.05) is 100 Å². The van der Waals surface area contributed by atoms with Crippen molar-refractivity contribution in [2.24, 2.45) is 16.7 Å². The van der Waals surface area contributed by atoms with Gasteiger partial charge in [0, 0.05) is 142 Å². The monoisotopic (exact) mass is 1440 g/mol. The van der Waals surface area contributed by atoms with Crippen molar-refractivity contribution in [3.8, 4) is 10.4 Å². The van der Waals surface area contributed by atoms with Gasteiger partial charge in [-0.25, -0.2) is 4.98 Å². The molecule has 102 heavy (non-hydrogen) atoms. The van der Waals surface area contributed by atoms with E-state index >= 15 is 0 Å². The Morgan fingerprint density at radius 1 is 0.784 bits per heavy atom. The van der Waals surface area contributed by atoms with E-state index in [2.05, 4.69) is 122 Å². The van der Waals surface area contributed by atoms with Gasteiger partial charge in [-0.1, -0.05) is 144 Å². The molecule has 4 heterocycles. The maximum atomic E-state index is 14.3. The molecule has 6 aromatic rings. The second-order valence-electron chi connectivity index (χ2n) is 30.6. The lowest BCUT2D eigenvalue weighted by Gasteiger charge is -2.41. The smallest absolute Gasteiger partial charge is 0.251 e. The van der Waals surface area contributed by atoms with E-state index in [0.29, 0.717) is 43.2 Å². The van der Waals surface area contributed by atoms with Gasteiger partial charge < -0.3 is 35.6 Å². The maximum Gasteiger partial charge on any atom is 0.251 e. The summed E-state index contributed by atoms with van der Waals surface area (Å²) in [4.78, 5) is 84.5. The topological polar surface area (TPSA) is 177 Å². The summed E-state index contributed by atoms with van der Waals surface area (Å²) < 4.78 is 5.60. The molecule has 1 unspecified atom stereocenters. The number of nitrogens with zero attached hydrogens (tertiary/aromatic N) is 5. The summed E-state index contributed by atoms with van der Waals surface area (Å²) in [5, 5.41) is 21.7. The van der Waals surface area contributed by atoms with Gasteiger partial charge in [0.15, 0.2) is 0 Å². The number of hydrogen-bond donors (Lipinski definition) is 4. The van der Waals surface area contributed by atoms with Gasteiger partial charge in [0.1, 0.15) is 17.6 Å². The average Bonchev–Trinajstić information content (AvgIpc) is 1.61. The van der Waals surface area contributed by atoms with Crippen molar-refractivity contribution in [2.45, 2.75) is 193 Å². The molecule has 4 N–H and O–H groups in total. The number of carbonyl (C=O) groups is 5. The first kappa shape index (κ1) is 77.9. The lowest BCUT2D eigenvalue weighted by atomic mass is 9.69. The zero-order chi connectivity index (χ0) is 72.2. The molecule has 6 atom stereocenters. The summed E-state index contributed by atoms with van der Waals surface area (Å²) in [6.07, 6.45) is 12.7. The van der Waals surface area contributed by atoms with Crippen LogP contribution in [0.3, 0.4) is 0 Å². The van der Waals surface area contributed by atoms with E-state index < -0.39 is 23.5 Å². The molecule has 548 valence electrons. The van der Waals surface area contributed by atoms with Crippen LogP contribution in [0.2, 0.25) is 5.02 Å². The number of thiazole rings is 1. The molecule has 3 fully saturated rings. The highest BCUT2D eigenvalue weighted by molar-refractivity contribution is 7.99. The highest BCUT2D eigenvalue weighted by Gasteiger charge is 2.45. The lowest BCUT2D eigenvalue weighted by molar-refractivity contribution is -0.146. The number of thioether (sulfide) groups is 1. The summed E-state index contributed by atoms with van der Waals surface area (Å²) in [6, 6.07) is 40.7. The van der Waals surface area contributed by atoms with Crippen molar-refractivity contribution in [2.75, 3.05) is 88.1 Å². The number of amides is 3. The quantitative estimate of drug-likeness (QED) is 0.0219. The Bertz CT molecular complexity index is 3730. The van der Waals surface area contributed by atoms with Crippen LogP contribution in [0.15, 0.2) is 137 Å². The van der Waals surface area contributed by atoms with Crippen LogP contribution >= 0.6 is 34.7 Å². The fourth-order valence-electron chi connectivity index (χ4n) is 15.1. The van der Waals surface area contributed by atoms with Gasteiger partial charge in [0.2, 0.25) is 11.8 Å². The number of aliphatic hydroxyl groups is 1. The third-order valence-corrected chi connectivity index (χ3v) is 24.0. The Morgan fingerprint density at radius 3 is 2.13 bits per heavy atom. The van der Waals surface area contributed by atoms with E-state index in [9.17, 15) is 29.1 Å². The summed E-state index contributed by atoms with van der Waals surface area (Å²) in [7, 11) is 0. The van der Waals surface area contributed by atoms with Crippen LogP contribution < -0.4 is 20.9 Å². The van der Waals surface area contributed by atoms with E-state index in [-0.39, 0.29) is 54.3 Å². The van der Waals surface area contributed by atoms with Crippen LogP contribution in [0.25, 0.3) is 16.0 Å². The number of rotatable bonds is 35. The first-order valence-corrected chi connectivity index (χ1v) is 39.9. The van der Waals surface area contributed by atoms with Crippen molar-refractivity contribution in [3.05, 3.63) is 171 Å². The number of unbranched alkanes of at least 4 members (excludes halogenated alkanes) is 6. The van der Waals surface area contributed by atoms with Gasteiger partial charge in [-0.05, 0) is 165 Å². The molecule has 10 rings (SSSR count). The van der Waals surface area contributed by atoms with E-state index in [1.54, 1.807) is 11.3 Å². The average molecular weight is 1440 g/mol. The van der Waals surface area contributed by atoms with Crippen LogP contribution in [-0.2, 0) is 30.5 Å². The first-order chi connectivity index (χ1) is 49.1. The van der Waals surface area contributed by atoms with Crippen molar-refractivity contribution in [3.63, 3.8) is 0 Å². The number of morpholine rings is 1. The number of carbonyl (C=O) groups excluding carboxylic acids is 5. The number of halogens is 1. The molecule has 0 spiro atoms. The molecule has 15 nitrogen and oxygen atoms in total. The maximum absolute atomic E-state index is 14.3. The third-order valence-electron chi connectivity index (χ3n) is 21.6. The number of hydrogen-bond acceptors (Lipinski definition) is 14. The normalized spacial score (nSPS) is 19.3. The number of ketones is 2. The van der Waals surface area contributed by atoms with E-state index in [4.69, 9.17) is 16.3 Å². The third kappa shape index (κ3) is 22.9. The fourth-order valence-corrected chi connectivity index (χ4v) is 17.0. The molecule has 18 heteroatoms. The number of aryl methyl sites for hydroxylation is 2. The predicted molar refractivity (Wildman–Crippen MR) is 418 cm³/mol. The molecular formula is C84H111ClN8O7S2. The van der Waals surface area contributed by atoms with Gasteiger partial charge >= 0.3 is 0 Å². The summed E-state index contributed by atoms with van der Waals surface area (Å²) in [6.45, 7) is 24.0. The van der Waals surface area contributed by atoms with E-state index in [1.165, 1.54) is 26.5 Å². The van der Waals surface area contributed by atoms with Gasteiger partial charge in [0.25, 0.3) is 5.91 Å². The predicted octanol–water partition coefficient (Wildman–Crippen LogP) is 16.4. The van der Waals surface area contributed by atoms with Crippen molar-refractivity contribution >= 4 is 80.9 Å². The number of aromatic nitrogens is 1. The van der Waals surface area contributed by atoms with Crippen LogP contribution in [0, 0.1) is 30.6 Å². The molecule has 1 aromatic heterocycles. The number of piperazine rings is 1. The molecule has 5 aromatic carbocycles. The van der Waals surface area contributed by atoms with E-state index in [0.717, 1.165) is 198 Å². The van der Waals surface area contributed by atoms with Crippen molar-refractivity contribution < 1.29 is 33.8 Å². The van der Waals surface area contributed by atoms with Crippen molar-refractivity contribution in [1.29, 1.82) is 0 Å². The Labute approximate surface area is 620 Å². The Morgan fingerprint density at radius 2 is 1.46 bits per heavy atom. The number of likely N-dealkylation sites (tertiary alicyclic amines) is 1. The van der Waals surface area contributed by atoms with Crippen LogP contribution in [-0.4, -0.2) is 150 Å². The number of anilines is 2. The molecule has 4 aliphatic rings. The molecule has 0 radical (unpaired) electrons. The number of Topliss-reactive ketones (excluding diaryl/α,β-unsaturated/α-hetero) is 2. The highest BCUT2D eigenvalue weighted by atomic mass is 35.5. The number of allylic oxidation sites excluding steroid dienone is 1.